The second kappa shape index (κ2) is 5.78. The Hall–Kier alpha value is -2.63. The van der Waals surface area contributed by atoms with Gasteiger partial charge in [0.2, 0.25) is 0 Å². The second-order valence-corrected chi connectivity index (χ2v) is 4.31. The minimum absolute atomic E-state index is 0.0374. The molecule has 0 radical (unpaired) electrons. The predicted molar refractivity (Wildman–Crippen MR) is 73.5 cm³/mol. The van der Waals surface area contributed by atoms with Crippen LogP contribution in [0.15, 0.2) is 48.5 Å². The summed E-state index contributed by atoms with van der Waals surface area (Å²) in [6, 6.07) is 10.7. The van der Waals surface area contributed by atoms with Gasteiger partial charge in [0.1, 0.15) is 0 Å². The van der Waals surface area contributed by atoms with Crippen molar-refractivity contribution in [2.45, 2.75) is 6.18 Å². The van der Waals surface area contributed by atoms with E-state index in [1.165, 1.54) is 24.3 Å². The lowest BCUT2D eigenvalue weighted by molar-refractivity contribution is -0.384. The van der Waals surface area contributed by atoms with Gasteiger partial charge in [-0.3, -0.25) is 10.1 Å². The van der Waals surface area contributed by atoms with Gasteiger partial charge in [-0.2, -0.15) is 13.2 Å². The number of benzene rings is 2. The summed E-state index contributed by atoms with van der Waals surface area (Å²) in [4.78, 5) is 10.1. The molecule has 0 fully saturated rings. The highest BCUT2D eigenvalue weighted by Gasteiger charge is 2.29. The summed E-state index contributed by atoms with van der Waals surface area (Å²) in [7, 11) is 0. The first-order chi connectivity index (χ1) is 9.86. The number of nitro benzene ring substituents is 1. The van der Waals surface area contributed by atoms with Crippen LogP contribution in [0.2, 0.25) is 0 Å². The predicted octanol–water partition coefficient (Wildman–Crippen LogP) is 4.78. The number of nitrogens with zero attached hydrogens (tertiary/aromatic N) is 1. The van der Waals surface area contributed by atoms with Gasteiger partial charge in [-0.25, -0.2) is 0 Å². The van der Waals surface area contributed by atoms with E-state index in [1.54, 1.807) is 24.3 Å². The fourth-order valence-electron chi connectivity index (χ4n) is 1.72. The molecule has 2 rings (SSSR count). The average molecular weight is 293 g/mol. The van der Waals surface area contributed by atoms with Crippen LogP contribution in [-0.4, -0.2) is 4.92 Å². The quantitative estimate of drug-likeness (QED) is 0.464. The number of rotatable bonds is 3. The maximum Gasteiger partial charge on any atom is 0.416 e. The van der Waals surface area contributed by atoms with Crippen LogP contribution in [0.1, 0.15) is 16.7 Å². The molecule has 0 saturated carbocycles. The molecule has 0 heterocycles. The Bertz CT molecular complexity index is 676. The summed E-state index contributed by atoms with van der Waals surface area (Å²) in [6.07, 6.45) is -1.16. The summed E-state index contributed by atoms with van der Waals surface area (Å²) >= 11 is 0. The molecule has 0 aliphatic rings. The minimum atomic E-state index is -4.36. The van der Waals surface area contributed by atoms with Crippen molar-refractivity contribution < 1.29 is 18.1 Å². The van der Waals surface area contributed by atoms with Crippen molar-refractivity contribution in [3.63, 3.8) is 0 Å². The smallest absolute Gasteiger partial charge is 0.258 e. The molecule has 2 aromatic carbocycles. The number of halogens is 3. The molecule has 0 spiro atoms. The summed E-state index contributed by atoms with van der Waals surface area (Å²) in [6.45, 7) is 0. The summed E-state index contributed by atoms with van der Waals surface area (Å²) in [5, 5.41) is 10.6. The van der Waals surface area contributed by atoms with Crippen LogP contribution >= 0.6 is 0 Å². The average Bonchev–Trinajstić information content (AvgIpc) is 2.45. The third kappa shape index (κ3) is 3.92. The number of alkyl halides is 3. The Balaban J connectivity index is 2.18. The zero-order chi connectivity index (χ0) is 15.5. The molecule has 0 N–H and O–H groups in total. The molecule has 0 unspecified atom stereocenters. The summed E-state index contributed by atoms with van der Waals surface area (Å²) < 4.78 is 37.2. The van der Waals surface area contributed by atoms with E-state index in [0.29, 0.717) is 11.1 Å². The molecule has 0 saturated heterocycles. The van der Waals surface area contributed by atoms with Crippen molar-refractivity contribution in [1.82, 2.24) is 0 Å². The number of hydrogen-bond donors (Lipinski definition) is 0. The van der Waals surface area contributed by atoms with E-state index >= 15 is 0 Å². The zero-order valence-electron chi connectivity index (χ0n) is 10.7. The maximum absolute atomic E-state index is 12.4. The highest BCUT2D eigenvalue weighted by molar-refractivity contribution is 5.70. The monoisotopic (exact) mass is 293 g/mol. The highest BCUT2D eigenvalue weighted by atomic mass is 19.4. The molecule has 0 atom stereocenters. The Morgan fingerprint density at radius 1 is 0.952 bits per heavy atom. The minimum Gasteiger partial charge on any atom is -0.258 e. The maximum atomic E-state index is 12.4. The van der Waals surface area contributed by atoms with Gasteiger partial charge >= 0.3 is 6.18 Å². The van der Waals surface area contributed by atoms with Crippen LogP contribution in [0, 0.1) is 10.1 Å². The van der Waals surface area contributed by atoms with Gasteiger partial charge in [-0.1, -0.05) is 36.4 Å². The third-order valence-electron chi connectivity index (χ3n) is 2.79. The topological polar surface area (TPSA) is 43.1 Å². The molecule has 0 aliphatic carbocycles. The first kappa shape index (κ1) is 14.8. The number of nitro groups is 1. The van der Waals surface area contributed by atoms with E-state index < -0.39 is 16.7 Å². The van der Waals surface area contributed by atoms with E-state index in [9.17, 15) is 23.3 Å². The van der Waals surface area contributed by atoms with Crippen molar-refractivity contribution >= 4 is 17.8 Å². The van der Waals surface area contributed by atoms with Crippen molar-refractivity contribution in [3.8, 4) is 0 Å². The lowest BCUT2D eigenvalue weighted by Crippen LogP contribution is -2.03. The van der Waals surface area contributed by atoms with Crippen LogP contribution in [-0.2, 0) is 6.18 Å². The summed E-state index contributed by atoms with van der Waals surface area (Å²) in [5.74, 6) is 0. The first-order valence-corrected chi connectivity index (χ1v) is 5.96. The van der Waals surface area contributed by atoms with Gasteiger partial charge < -0.3 is 0 Å². The fraction of sp³-hybridized carbons (Fsp3) is 0.0667. The fourth-order valence-corrected chi connectivity index (χ4v) is 1.72. The van der Waals surface area contributed by atoms with E-state index in [4.69, 9.17) is 0 Å². The SMILES string of the molecule is O=[N+]([O-])c1cccc(/C=C/c2ccc(C(F)(F)F)cc2)c1. The van der Waals surface area contributed by atoms with E-state index in [1.807, 2.05) is 0 Å². The summed E-state index contributed by atoms with van der Waals surface area (Å²) in [5.41, 5.74) is 0.429. The van der Waals surface area contributed by atoms with Gasteiger partial charge in [-0.15, -0.1) is 0 Å². The second-order valence-electron chi connectivity index (χ2n) is 4.31. The Morgan fingerprint density at radius 3 is 2.14 bits per heavy atom. The van der Waals surface area contributed by atoms with Crippen molar-refractivity contribution in [3.05, 3.63) is 75.3 Å². The Labute approximate surface area is 118 Å². The normalized spacial score (nSPS) is 11.8. The largest absolute Gasteiger partial charge is 0.416 e. The first-order valence-electron chi connectivity index (χ1n) is 5.96. The molecular formula is C15H10F3NO2. The molecule has 0 aromatic heterocycles. The van der Waals surface area contributed by atoms with Crippen LogP contribution in [0.25, 0.3) is 12.2 Å². The number of hydrogen-bond acceptors (Lipinski definition) is 2. The Kier molecular flexibility index (Phi) is 4.07. The molecule has 21 heavy (non-hydrogen) atoms. The van der Waals surface area contributed by atoms with Gasteiger partial charge in [0, 0.05) is 12.1 Å². The van der Waals surface area contributed by atoms with Crippen molar-refractivity contribution in [2.75, 3.05) is 0 Å². The molecule has 0 aliphatic heterocycles. The van der Waals surface area contributed by atoms with E-state index in [0.717, 1.165) is 12.1 Å². The lowest BCUT2D eigenvalue weighted by atomic mass is 10.1. The third-order valence-corrected chi connectivity index (χ3v) is 2.79. The van der Waals surface area contributed by atoms with Crippen LogP contribution in [0.4, 0.5) is 18.9 Å². The van der Waals surface area contributed by atoms with Gasteiger partial charge in [0.05, 0.1) is 10.5 Å². The Morgan fingerprint density at radius 2 is 1.57 bits per heavy atom. The molecule has 2 aromatic rings. The molecule has 3 nitrogen and oxygen atoms in total. The lowest BCUT2D eigenvalue weighted by Gasteiger charge is -2.05. The van der Waals surface area contributed by atoms with Gasteiger partial charge in [0.25, 0.3) is 5.69 Å². The zero-order valence-corrected chi connectivity index (χ0v) is 10.7. The molecule has 108 valence electrons. The number of non-ortho nitro benzene ring substituents is 1. The van der Waals surface area contributed by atoms with E-state index in [-0.39, 0.29) is 5.69 Å². The van der Waals surface area contributed by atoms with Crippen LogP contribution in [0.5, 0.6) is 0 Å². The molecule has 0 bridgehead atoms. The van der Waals surface area contributed by atoms with Gasteiger partial charge in [0.15, 0.2) is 0 Å². The van der Waals surface area contributed by atoms with Crippen LogP contribution in [0.3, 0.4) is 0 Å². The van der Waals surface area contributed by atoms with E-state index in [2.05, 4.69) is 0 Å². The van der Waals surface area contributed by atoms with Crippen LogP contribution < -0.4 is 0 Å². The molecular weight excluding hydrogens is 283 g/mol. The highest BCUT2D eigenvalue weighted by Crippen LogP contribution is 2.29. The molecule has 0 amide bonds. The van der Waals surface area contributed by atoms with Gasteiger partial charge in [-0.05, 0) is 23.3 Å². The van der Waals surface area contributed by atoms with Crippen molar-refractivity contribution in [1.29, 1.82) is 0 Å². The molecule has 6 heteroatoms. The van der Waals surface area contributed by atoms with Crippen molar-refractivity contribution in [2.24, 2.45) is 0 Å². The standard InChI is InChI=1S/C15H10F3NO2/c16-15(17,18)13-8-6-11(7-9-13)4-5-12-2-1-3-14(10-12)19(20)21/h1-10H/b5-4+.